The first-order chi connectivity index (χ1) is 9.56. The van der Waals surface area contributed by atoms with Crippen molar-refractivity contribution in [2.24, 2.45) is 11.8 Å². The third kappa shape index (κ3) is 4.35. The molecule has 1 aliphatic carbocycles. The Labute approximate surface area is 124 Å². The fraction of sp³-hybridized carbons (Fsp3) is 0.765. The highest BCUT2D eigenvalue weighted by Gasteiger charge is 2.20. The van der Waals surface area contributed by atoms with Crippen LogP contribution in [0.15, 0.2) is 24.0 Å². The van der Waals surface area contributed by atoms with Crippen LogP contribution in [-0.2, 0) is 4.74 Å². The van der Waals surface area contributed by atoms with E-state index < -0.39 is 0 Å². The molecule has 1 saturated heterocycles. The summed E-state index contributed by atoms with van der Waals surface area (Å²) in [5.41, 5.74) is 0. The summed E-state index contributed by atoms with van der Waals surface area (Å²) in [6.07, 6.45) is 9.19. The molecule has 1 heterocycles. The first kappa shape index (κ1) is 15.6. The van der Waals surface area contributed by atoms with Gasteiger partial charge < -0.3 is 9.64 Å². The summed E-state index contributed by atoms with van der Waals surface area (Å²) in [5.74, 6) is 2.26. The van der Waals surface area contributed by atoms with Gasteiger partial charge in [0.1, 0.15) is 12.4 Å². The van der Waals surface area contributed by atoms with E-state index in [9.17, 15) is 0 Å². The molecule has 20 heavy (non-hydrogen) atoms. The van der Waals surface area contributed by atoms with E-state index in [4.69, 9.17) is 4.74 Å². The molecular formula is C17H30N2O. The first-order valence-electron chi connectivity index (χ1n) is 7.98. The minimum Gasteiger partial charge on any atom is -0.493 e. The molecule has 0 unspecified atom stereocenters. The van der Waals surface area contributed by atoms with Crippen molar-refractivity contribution in [1.29, 1.82) is 0 Å². The monoisotopic (exact) mass is 278 g/mol. The minimum absolute atomic E-state index is 0.585. The van der Waals surface area contributed by atoms with Gasteiger partial charge in [0.2, 0.25) is 0 Å². The summed E-state index contributed by atoms with van der Waals surface area (Å²) in [4.78, 5) is 4.88. The topological polar surface area (TPSA) is 15.7 Å². The zero-order valence-electron chi connectivity index (χ0n) is 13.5. The summed E-state index contributed by atoms with van der Waals surface area (Å²) in [6, 6.07) is 0.727. The van der Waals surface area contributed by atoms with Gasteiger partial charge in [-0.2, -0.15) is 0 Å². The lowest BCUT2D eigenvalue weighted by atomic mass is 9.91. The van der Waals surface area contributed by atoms with E-state index >= 15 is 0 Å². The van der Waals surface area contributed by atoms with Crippen LogP contribution in [0.1, 0.15) is 26.7 Å². The van der Waals surface area contributed by atoms with Gasteiger partial charge >= 0.3 is 0 Å². The quantitative estimate of drug-likeness (QED) is 0.769. The number of likely N-dealkylation sites (tertiary alicyclic amines) is 1. The Morgan fingerprint density at radius 3 is 2.60 bits per heavy atom. The van der Waals surface area contributed by atoms with Crippen LogP contribution in [0, 0.1) is 11.8 Å². The van der Waals surface area contributed by atoms with Crippen molar-refractivity contribution in [1.82, 2.24) is 9.80 Å². The van der Waals surface area contributed by atoms with Crippen LogP contribution in [0.25, 0.3) is 0 Å². The van der Waals surface area contributed by atoms with Gasteiger partial charge in [-0.05, 0) is 64.0 Å². The number of hydrogen-bond acceptors (Lipinski definition) is 3. The predicted molar refractivity (Wildman–Crippen MR) is 84.7 cm³/mol. The average Bonchev–Trinajstić information content (AvgIpc) is 2.43. The standard InChI is InChI=1S/C17H30N2O/c1-14-5-6-17(13-15(14)2)20-12-11-19(4)16-7-9-18(3)10-8-16/h5-6,13-16H,7-12H2,1-4H3/t14-,15+/m0/s1. The molecule has 0 aromatic rings. The smallest absolute Gasteiger partial charge is 0.115 e. The molecule has 2 atom stereocenters. The van der Waals surface area contributed by atoms with Crippen molar-refractivity contribution in [3.05, 3.63) is 24.0 Å². The fourth-order valence-electron chi connectivity index (χ4n) is 2.91. The van der Waals surface area contributed by atoms with E-state index in [0.29, 0.717) is 11.8 Å². The molecule has 0 bridgehead atoms. The highest BCUT2D eigenvalue weighted by Crippen LogP contribution is 2.22. The molecule has 114 valence electrons. The van der Waals surface area contributed by atoms with Gasteiger partial charge in [-0.25, -0.2) is 0 Å². The molecule has 1 fully saturated rings. The normalized spacial score (nSPS) is 28.8. The molecule has 3 nitrogen and oxygen atoms in total. The summed E-state index contributed by atoms with van der Waals surface area (Å²) in [7, 11) is 4.44. The maximum atomic E-state index is 5.91. The van der Waals surface area contributed by atoms with Crippen molar-refractivity contribution in [2.75, 3.05) is 40.3 Å². The maximum Gasteiger partial charge on any atom is 0.115 e. The van der Waals surface area contributed by atoms with Crippen LogP contribution in [0.4, 0.5) is 0 Å². The van der Waals surface area contributed by atoms with Crippen molar-refractivity contribution in [3.63, 3.8) is 0 Å². The second kappa shape index (κ2) is 7.28. The van der Waals surface area contributed by atoms with E-state index in [2.05, 4.69) is 56.0 Å². The number of allylic oxidation sites excluding steroid dienone is 3. The molecule has 0 radical (unpaired) electrons. The van der Waals surface area contributed by atoms with E-state index in [1.807, 2.05) is 0 Å². The molecule has 0 spiro atoms. The van der Waals surface area contributed by atoms with Gasteiger partial charge in [-0.1, -0.05) is 19.9 Å². The van der Waals surface area contributed by atoms with Crippen LogP contribution in [0.3, 0.4) is 0 Å². The van der Waals surface area contributed by atoms with E-state index in [-0.39, 0.29) is 0 Å². The SMILES string of the molecule is C[C@@H]1C=C(OCCN(C)C2CCN(C)CC2)C=C[C@@H]1C. The molecule has 0 saturated carbocycles. The van der Waals surface area contributed by atoms with Crippen molar-refractivity contribution < 1.29 is 4.74 Å². The lowest BCUT2D eigenvalue weighted by Gasteiger charge is -2.35. The van der Waals surface area contributed by atoms with E-state index in [1.165, 1.54) is 25.9 Å². The molecule has 2 aliphatic rings. The van der Waals surface area contributed by atoms with Crippen molar-refractivity contribution in [3.8, 4) is 0 Å². The summed E-state index contributed by atoms with van der Waals surface area (Å²) in [6.45, 7) is 8.76. The van der Waals surface area contributed by atoms with Crippen LogP contribution in [-0.4, -0.2) is 56.2 Å². The molecule has 0 N–H and O–H groups in total. The fourth-order valence-corrected chi connectivity index (χ4v) is 2.91. The zero-order chi connectivity index (χ0) is 14.5. The Hall–Kier alpha value is -0.800. The molecule has 2 rings (SSSR count). The van der Waals surface area contributed by atoms with Crippen LogP contribution >= 0.6 is 0 Å². The van der Waals surface area contributed by atoms with Gasteiger partial charge in [-0.15, -0.1) is 0 Å². The Morgan fingerprint density at radius 1 is 1.25 bits per heavy atom. The number of piperidine rings is 1. The molecule has 3 heteroatoms. The lowest BCUT2D eigenvalue weighted by molar-refractivity contribution is 0.111. The summed E-state index contributed by atoms with van der Waals surface area (Å²) >= 11 is 0. The second-order valence-corrected chi connectivity index (χ2v) is 6.51. The van der Waals surface area contributed by atoms with Gasteiger partial charge in [0.15, 0.2) is 0 Å². The number of nitrogens with zero attached hydrogens (tertiary/aromatic N) is 2. The average molecular weight is 278 g/mol. The Kier molecular flexibility index (Phi) is 5.67. The first-order valence-corrected chi connectivity index (χ1v) is 7.98. The second-order valence-electron chi connectivity index (χ2n) is 6.51. The van der Waals surface area contributed by atoms with Gasteiger partial charge in [-0.3, -0.25) is 4.90 Å². The largest absolute Gasteiger partial charge is 0.493 e. The lowest BCUT2D eigenvalue weighted by Crippen LogP contribution is -2.42. The third-order valence-electron chi connectivity index (χ3n) is 4.84. The minimum atomic E-state index is 0.585. The molecule has 1 aliphatic heterocycles. The van der Waals surface area contributed by atoms with Crippen LogP contribution < -0.4 is 0 Å². The number of hydrogen-bond donors (Lipinski definition) is 0. The number of likely N-dealkylation sites (N-methyl/N-ethyl adjacent to an activating group) is 1. The predicted octanol–water partition coefficient (Wildman–Crippen LogP) is 2.75. The van der Waals surface area contributed by atoms with Gasteiger partial charge in [0.25, 0.3) is 0 Å². The third-order valence-corrected chi connectivity index (χ3v) is 4.84. The molecule has 0 amide bonds. The molecule has 0 aromatic heterocycles. The summed E-state index contributed by atoms with van der Waals surface area (Å²) in [5, 5.41) is 0. The van der Waals surface area contributed by atoms with Crippen molar-refractivity contribution >= 4 is 0 Å². The molecular weight excluding hydrogens is 248 g/mol. The van der Waals surface area contributed by atoms with Crippen LogP contribution in [0.2, 0.25) is 0 Å². The van der Waals surface area contributed by atoms with Crippen LogP contribution in [0.5, 0.6) is 0 Å². The van der Waals surface area contributed by atoms with Gasteiger partial charge in [0, 0.05) is 12.6 Å². The summed E-state index contributed by atoms with van der Waals surface area (Å²) < 4.78 is 5.91. The Morgan fingerprint density at radius 2 is 1.95 bits per heavy atom. The van der Waals surface area contributed by atoms with E-state index in [0.717, 1.165) is 25.0 Å². The highest BCUT2D eigenvalue weighted by atomic mass is 16.5. The molecule has 0 aromatic carbocycles. The zero-order valence-corrected chi connectivity index (χ0v) is 13.5. The van der Waals surface area contributed by atoms with E-state index in [1.54, 1.807) is 0 Å². The number of ether oxygens (including phenoxy) is 1. The highest BCUT2D eigenvalue weighted by molar-refractivity contribution is 5.19. The Bertz CT molecular complexity index is 356. The van der Waals surface area contributed by atoms with Gasteiger partial charge in [0.05, 0.1) is 0 Å². The number of rotatable bonds is 5. The Balaban J connectivity index is 1.68. The van der Waals surface area contributed by atoms with Crippen molar-refractivity contribution in [2.45, 2.75) is 32.7 Å². The maximum absolute atomic E-state index is 5.91.